The van der Waals surface area contributed by atoms with Crippen LogP contribution in [0.15, 0.2) is 52.3 Å². The Morgan fingerprint density at radius 2 is 1.61 bits per heavy atom. The number of carbonyl (C=O) groups excluding carboxylic acids is 1. The van der Waals surface area contributed by atoms with Crippen molar-refractivity contribution in [1.82, 2.24) is 0 Å². The quantitative estimate of drug-likeness (QED) is 0.492. The Morgan fingerprint density at radius 3 is 2.13 bits per heavy atom. The first-order valence-electron chi connectivity index (χ1n) is 8.32. The summed E-state index contributed by atoms with van der Waals surface area (Å²) in [5, 5.41) is 16.4. The molecule has 170 valence electrons. The molecule has 0 heterocycles. The number of anilines is 2. The third kappa shape index (κ3) is 5.33. The van der Waals surface area contributed by atoms with Gasteiger partial charge in [0.1, 0.15) is 4.90 Å². The lowest BCUT2D eigenvalue weighted by Gasteiger charge is -2.25. The Balaban J connectivity index is 2.34. The molecule has 31 heavy (non-hydrogen) atoms. The summed E-state index contributed by atoms with van der Waals surface area (Å²) >= 11 is 0. The van der Waals surface area contributed by atoms with Crippen LogP contribution in [0.3, 0.4) is 0 Å². The molecule has 0 aromatic heterocycles. The Bertz CT molecular complexity index is 1230. The SMILES string of the molecule is Cc1cc(S(=O)(=O)Nc2ccccc2S(N)(=O)=O)ccc1NC(=O)[C@@](C)(O)C(F)(F)F. The number of halogens is 3. The lowest BCUT2D eigenvalue weighted by molar-refractivity contribution is -0.242. The molecule has 0 saturated heterocycles. The molecule has 0 aliphatic carbocycles. The van der Waals surface area contributed by atoms with Gasteiger partial charge in [0, 0.05) is 5.69 Å². The zero-order chi connectivity index (χ0) is 23.8. The Labute approximate surface area is 176 Å². The Morgan fingerprint density at radius 1 is 1.03 bits per heavy atom. The van der Waals surface area contributed by atoms with Gasteiger partial charge in [-0.3, -0.25) is 9.52 Å². The fourth-order valence-electron chi connectivity index (χ4n) is 2.32. The number of nitrogens with two attached hydrogens (primary N) is 1. The number of rotatable bonds is 6. The lowest BCUT2D eigenvalue weighted by Crippen LogP contribution is -2.52. The van der Waals surface area contributed by atoms with Crippen LogP contribution in [0.1, 0.15) is 12.5 Å². The van der Waals surface area contributed by atoms with Gasteiger partial charge in [0.05, 0.1) is 10.6 Å². The molecule has 0 radical (unpaired) electrons. The van der Waals surface area contributed by atoms with Crippen LogP contribution < -0.4 is 15.2 Å². The molecule has 0 unspecified atom stereocenters. The van der Waals surface area contributed by atoms with Crippen molar-refractivity contribution in [2.24, 2.45) is 5.14 Å². The largest absolute Gasteiger partial charge is 0.426 e. The molecular weight excluding hydrogens is 463 g/mol. The molecular formula is C17H18F3N3O6S2. The van der Waals surface area contributed by atoms with Gasteiger partial charge in [-0.25, -0.2) is 22.0 Å². The van der Waals surface area contributed by atoms with Gasteiger partial charge in [0.15, 0.2) is 0 Å². The second-order valence-corrected chi connectivity index (χ2v) is 9.86. The number of para-hydroxylation sites is 1. The van der Waals surface area contributed by atoms with Crippen LogP contribution in [-0.4, -0.2) is 39.6 Å². The summed E-state index contributed by atoms with van der Waals surface area (Å²) in [6, 6.07) is 8.05. The van der Waals surface area contributed by atoms with Crippen molar-refractivity contribution in [1.29, 1.82) is 0 Å². The van der Waals surface area contributed by atoms with E-state index in [9.17, 15) is 39.9 Å². The molecule has 14 heteroatoms. The Hall–Kier alpha value is -2.68. The number of benzene rings is 2. The zero-order valence-corrected chi connectivity index (χ0v) is 17.7. The number of hydrogen-bond acceptors (Lipinski definition) is 6. The fourth-order valence-corrected chi connectivity index (χ4v) is 4.24. The van der Waals surface area contributed by atoms with Crippen LogP contribution in [0.2, 0.25) is 0 Å². The van der Waals surface area contributed by atoms with Gasteiger partial charge < -0.3 is 10.4 Å². The highest BCUT2D eigenvalue weighted by Crippen LogP contribution is 2.32. The molecule has 0 bridgehead atoms. The minimum absolute atomic E-state index is 0.0638. The van der Waals surface area contributed by atoms with Crippen molar-refractivity contribution >= 4 is 37.3 Å². The summed E-state index contributed by atoms with van der Waals surface area (Å²) in [6.07, 6.45) is -5.23. The maximum atomic E-state index is 12.8. The van der Waals surface area contributed by atoms with Crippen molar-refractivity contribution in [3.8, 4) is 0 Å². The van der Waals surface area contributed by atoms with Crippen LogP contribution >= 0.6 is 0 Å². The first kappa shape index (κ1) is 24.6. The first-order valence-corrected chi connectivity index (χ1v) is 11.4. The van der Waals surface area contributed by atoms with Crippen LogP contribution in [0.25, 0.3) is 0 Å². The maximum Gasteiger partial charge on any atom is 0.426 e. The van der Waals surface area contributed by atoms with E-state index < -0.39 is 42.6 Å². The molecule has 2 aromatic rings. The molecule has 0 spiro atoms. The number of sulfonamides is 2. The van der Waals surface area contributed by atoms with Gasteiger partial charge in [-0.2, -0.15) is 13.2 Å². The van der Waals surface area contributed by atoms with Crippen LogP contribution in [0.4, 0.5) is 24.5 Å². The second kappa shape index (κ2) is 8.11. The predicted molar refractivity (Wildman–Crippen MR) is 105 cm³/mol. The van der Waals surface area contributed by atoms with Gasteiger partial charge in [0.2, 0.25) is 15.6 Å². The Kier molecular flexibility index (Phi) is 6.43. The zero-order valence-electron chi connectivity index (χ0n) is 16.1. The minimum atomic E-state index is -5.23. The standard InChI is InChI=1S/C17H18F3N3O6S2/c1-10-9-11(7-8-12(10)22-15(24)16(2,25)17(18,19)20)31(28,29)23-13-5-3-4-6-14(13)30(21,26)27/h3-9,23,25H,1-2H3,(H,22,24)(H2,21,26,27)/t16-/m1/s1. The average Bonchev–Trinajstić information content (AvgIpc) is 2.61. The topological polar surface area (TPSA) is 156 Å². The number of aliphatic hydroxyl groups is 1. The first-order chi connectivity index (χ1) is 14.0. The fraction of sp³-hybridized carbons (Fsp3) is 0.235. The van der Waals surface area contributed by atoms with Crippen molar-refractivity contribution in [3.05, 3.63) is 48.0 Å². The van der Waals surface area contributed by atoms with Gasteiger partial charge in [-0.1, -0.05) is 12.1 Å². The van der Waals surface area contributed by atoms with Crippen LogP contribution in [-0.2, 0) is 24.8 Å². The van der Waals surface area contributed by atoms with Crippen LogP contribution in [0, 0.1) is 6.92 Å². The van der Waals surface area contributed by atoms with E-state index in [0.29, 0.717) is 0 Å². The van der Waals surface area contributed by atoms with E-state index in [2.05, 4.69) is 4.72 Å². The third-order valence-corrected chi connectivity index (χ3v) is 6.52. The number of nitrogens with one attached hydrogen (secondary N) is 2. The highest BCUT2D eigenvalue weighted by atomic mass is 32.2. The number of aryl methyl sites for hydroxylation is 1. The minimum Gasteiger partial charge on any atom is -0.373 e. The predicted octanol–water partition coefficient (Wildman–Crippen LogP) is 1.70. The summed E-state index contributed by atoms with van der Waals surface area (Å²) in [5.74, 6) is -1.75. The number of carbonyl (C=O) groups is 1. The van der Waals surface area contributed by atoms with E-state index >= 15 is 0 Å². The van der Waals surface area contributed by atoms with E-state index in [4.69, 9.17) is 5.14 Å². The van der Waals surface area contributed by atoms with E-state index in [0.717, 1.165) is 24.3 Å². The molecule has 0 saturated carbocycles. The van der Waals surface area contributed by atoms with Crippen molar-refractivity contribution in [2.75, 3.05) is 10.0 Å². The smallest absolute Gasteiger partial charge is 0.373 e. The van der Waals surface area contributed by atoms with Crippen molar-refractivity contribution < 1.29 is 39.9 Å². The molecule has 1 atom stereocenters. The number of alkyl halides is 3. The van der Waals surface area contributed by atoms with Gasteiger partial charge in [0.25, 0.3) is 15.9 Å². The monoisotopic (exact) mass is 481 g/mol. The molecule has 5 N–H and O–H groups in total. The van der Waals surface area contributed by atoms with Gasteiger partial charge in [-0.15, -0.1) is 0 Å². The highest BCUT2D eigenvalue weighted by molar-refractivity contribution is 7.93. The van der Waals surface area contributed by atoms with Gasteiger partial charge >= 0.3 is 6.18 Å². The number of primary sulfonamides is 1. The summed E-state index contributed by atoms with van der Waals surface area (Å²) < 4.78 is 89.0. The summed E-state index contributed by atoms with van der Waals surface area (Å²) in [7, 11) is -8.56. The average molecular weight is 481 g/mol. The van der Waals surface area contributed by atoms with E-state index in [-0.39, 0.29) is 28.8 Å². The van der Waals surface area contributed by atoms with E-state index in [1.54, 1.807) is 0 Å². The maximum absolute atomic E-state index is 12.8. The summed E-state index contributed by atoms with van der Waals surface area (Å²) in [6.45, 7) is 1.60. The number of amides is 1. The van der Waals surface area contributed by atoms with Crippen molar-refractivity contribution in [3.63, 3.8) is 0 Å². The molecule has 0 aliphatic heterocycles. The highest BCUT2D eigenvalue weighted by Gasteiger charge is 2.55. The summed E-state index contributed by atoms with van der Waals surface area (Å²) in [5.41, 5.74) is -4.07. The second-order valence-electron chi connectivity index (χ2n) is 6.65. The van der Waals surface area contributed by atoms with Crippen LogP contribution in [0.5, 0.6) is 0 Å². The van der Waals surface area contributed by atoms with Gasteiger partial charge in [-0.05, 0) is 49.7 Å². The molecule has 1 amide bonds. The lowest BCUT2D eigenvalue weighted by atomic mass is 10.1. The molecule has 2 aromatic carbocycles. The number of hydrogen-bond donors (Lipinski definition) is 4. The molecule has 2 rings (SSSR count). The molecule has 0 fully saturated rings. The van der Waals surface area contributed by atoms with E-state index in [1.807, 2.05) is 5.32 Å². The molecule has 9 nitrogen and oxygen atoms in total. The summed E-state index contributed by atoms with van der Waals surface area (Å²) in [4.78, 5) is 11.0. The van der Waals surface area contributed by atoms with E-state index in [1.165, 1.54) is 25.1 Å². The third-order valence-electron chi connectivity index (χ3n) is 4.19. The van der Waals surface area contributed by atoms with Crippen molar-refractivity contribution in [2.45, 2.75) is 35.4 Å². The normalized spacial score (nSPS) is 14.5. The molecule has 0 aliphatic rings.